The molecule has 2 aromatic rings. The van der Waals surface area contributed by atoms with Crippen LogP contribution in [0.3, 0.4) is 0 Å². The van der Waals surface area contributed by atoms with Gasteiger partial charge < -0.3 is 4.90 Å². The van der Waals surface area contributed by atoms with E-state index in [1.807, 2.05) is 30.0 Å². The Bertz CT molecular complexity index is 667. The van der Waals surface area contributed by atoms with Crippen molar-refractivity contribution in [3.63, 3.8) is 0 Å². The molecular weight excluding hydrogens is 307 g/mol. The summed E-state index contributed by atoms with van der Waals surface area (Å²) in [5.74, 6) is -0.221. The van der Waals surface area contributed by atoms with Crippen molar-refractivity contribution in [3.8, 4) is 0 Å². The summed E-state index contributed by atoms with van der Waals surface area (Å²) < 4.78 is 14.3. The molecule has 2 aromatic carbocycles. The summed E-state index contributed by atoms with van der Waals surface area (Å²) in [4.78, 5) is 6.31. The van der Waals surface area contributed by atoms with Crippen LogP contribution in [0.15, 0.2) is 45.9 Å². The van der Waals surface area contributed by atoms with Crippen molar-refractivity contribution in [3.05, 3.63) is 57.8 Å². The second-order valence-corrected chi connectivity index (χ2v) is 5.34. The van der Waals surface area contributed by atoms with E-state index in [1.165, 1.54) is 6.07 Å². The Kier molecular flexibility index (Phi) is 3.11. The molecule has 0 radical (unpaired) electrons. The van der Waals surface area contributed by atoms with E-state index in [4.69, 9.17) is 0 Å². The highest BCUT2D eigenvalue weighted by molar-refractivity contribution is 9.10. The second-order valence-electron chi connectivity index (χ2n) is 4.48. The van der Waals surface area contributed by atoms with Crippen LogP contribution < -0.4 is 4.90 Å². The molecule has 0 unspecified atom stereocenters. The van der Waals surface area contributed by atoms with E-state index >= 15 is 0 Å². The lowest BCUT2D eigenvalue weighted by Crippen LogP contribution is -2.20. The van der Waals surface area contributed by atoms with Gasteiger partial charge in [-0.3, -0.25) is 4.99 Å². The molecule has 0 atom stereocenters. The van der Waals surface area contributed by atoms with E-state index in [1.54, 1.807) is 18.5 Å². The zero-order valence-electron chi connectivity index (χ0n) is 10.4. The van der Waals surface area contributed by atoms with Crippen molar-refractivity contribution in [1.29, 1.82) is 0 Å². The van der Waals surface area contributed by atoms with Crippen molar-refractivity contribution in [2.24, 2.45) is 4.99 Å². The maximum absolute atomic E-state index is 13.3. The smallest absolute Gasteiger partial charge is 0.123 e. The van der Waals surface area contributed by atoms with Gasteiger partial charge in [0.15, 0.2) is 0 Å². The molecule has 19 heavy (non-hydrogen) atoms. The van der Waals surface area contributed by atoms with Gasteiger partial charge in [0.2, 0.25) is 0 Å². The number of benzene rings is 2. The third kappa shape index (κ3) is 2.16. The third-order valence-corrected chi connectivity index (χ3v) is 4.12. The highest BCUT2D eigenvalue weighted by atomic mass is 79.9. The fourth-order valence-electron chi connectivity index (χ4n) is 2.25. The highest BCUT2D eigenvalue weighted by Gasteiger charge is 2.18. The lowest BCUT2D eigenvalue weighted by atomic mass is 10.1. The Hall–Kier alpha value is -1.68. The van der Waals surface area contributed by atoms with Crippen LogP contribution >= 0.6 is 15.9 Å². The summed E-state index contributed by atoms with van der Waals surface area (Å²) in [6.07, 6.45) is 1.80. The molecule has 0 saturated heterocycles. The van der Waals surface area contributed by atoms with Gasteiger partial charge in [-0.25, -0.2) is 4.39 Å². The van der Waals surface area contributed by atoms with Crippen molar-refractivity contribution >= 4 is 33.6 Å². The minimum Gasteiger partial charge on any atom is -0.301 e. The first-order valence-corrected chi connectivity index (χ1v) is 6.79. The van der Waals surface area contributed by atoms with E-state index in [0.29, 0.717) is 6.54 Å². The van der Waals surface area contributed by atoms with Gasteiger partial charge in [-0.05, 0) is 42.8 Å². The van der Waals surface area contributed by atoms with E-state index in [0.717, 1.165) is 27.0 Å². The molecule has 0 bridgehead atoms. The quantitative estimate of drug-likeness (QED) is 0.751. The van der Waals surface area contributed by atoms with Gasteiger partial charge in [0.1, 0.15) is 5.82 Å². The Morgan fingerprint density at radius 3 is 2.89 bits per heavy atom. The summed E-state index contributed by atoms with van der Waals surface area (Å²) in [5.41, 5.74) is 4.07. The number of hydrogen-bond donors (Lipinski definition) is 0. The molecule has 3 rings (SSSR count). The molecule has 0 amide bonds. The second kappa shape index (κ2) is 4.78. The lowest BCUT2D eigenvalue weighted by molar-refractivity contribution is 0.625. The van der Waals surface area contributed by atoms with E-state index in [9.17, 15) is 4.39 Å². The summed E-state index contributed by atoms with van der Waals surface area (Å²) in [5, 5.41) is 0. The normalized spacial score (nSPS) is 13.5. The fourth-order valence-corrected chi connectivity index (χ4v) is 2.60. The predicted octanol–water partition coefficient (Wildman–Crippen LogP) is 4.58. The van der Waals surface area contributed by atoms with Crippen molar-refractivity contribution in [1.82, 2.24) is 0 Å². The SMILES string of the molecule is Cc1c(Br)cccc1N1C=NCc2cc(F)ccc21. The molecule has 0 fully saturated rings. The molecule has 1 heterocycles. The van der Waals surface area contributed by atoms with Crippen LogP contribution in [-0.2, 0) is 6.54 Å². The predicted molar refractivity (Wildman–Crippen MR) is 79.6 cm³/mol. The number of anilines is 2. The zero-order chi connectivity index (χ0) is 13.4. The molecule has 2 nitrogen and oxygen atoms in total. The first-order valence-electron chi connectivity index (χ1n) is 5.99. The minimum atomic E-state index is -0.221. The van der Waals surface area contributed by atoms with E-state index in [2.05, 4.69) is 20.9 Å². The van der Waals surface area contributed by atoms with Gasteiger partial charge >= 0.3 is 0 Å². The topological polar surface area (TPSA) is 15.6 Å². The van der Waals surface area contributed by atoms with Crippen molar-refractivity contribution < 1.29 is 4.39 Å². The molecular formula is C15H12BrFN2. The summed E-state index contributed by atoms with van der Waals surface area (Å²) in [6.45, 7) is 2.57. The van der Waals surface area contributed by atoms with Crippen LogP contribution in [0.4, 0.5) is 15.8 Å². The molecule has 0 aromatic heterocycles. The Morgan fingerprint density at radius 2 is 2.05 bits per heavy atom. The number of hydrogen-bond acceptors (Lipinski definition) is 2. The Balaban J connectivity index is 2.14. The van der Waals surface area contributed by atoms with Gasteiger partial charge in [-0.1, -0.05) is 22.0 Å². The molecule has 0 spiro atoms. The Morgan fingerprint density at radius 1 is 1.21 bits per heavy atom. The van der Waals surface area contributed by atoms with Crippen LogP contribution in [0, 0.1) is 12.7 Å². The first-order chi connectivity index (χ1) is 9.16. The maximum atomic E-state index is 13.3. The Labute approximate surface area is 119 Å². The van der Waals surface area contributed by atoms with Crippen molar-refractivity contribution in [2.75, 3.05) is 4.90 Å². The van der Waals surface area contributed by atoms with Gasteiger partial charge in [0.05, 0.1) is 24.3 Å². The lowest BCUT2D eigenvalue weighted by Gasteiger charge is -2.27. The molecule has 0 N–H and O–H groups in total. The number of nitrogens with zero attached hydrogens (tertiary/aromatic N) is 2. The molecule has 1 aliphatic heterocycles. The van der Waals surface area contributed by atoms with Crippen LogP contribution in [0.5, 0.6) is 0 Å². The monoisotopic (exact) mass is 318 g/mol. The molecule has 0 saturated carbocycles. The molecule has 96 valence electrons. The van der Waals surface area contributed by atoms with Crippen molar-refractivity contribution in [2.45, 2.75) is 13.5 Å². The number of aliphatic imine (C=N–C) groups is 1. The zero-order valence-corrected chi connectivity index (χ0v) is 12.0. The highest BCUT2D eigenvalue weighted by Crippen LogP contribution is 2.35. The molecule has 1 aliphatic rings. The number of halogens is 2. The molecule has 0 aliphatic carbocycles. The summed E-state index contributed by atoms with van der Waals surface area (Å²) in [7, 11) is 0. The van der Waals surface area contributed by atoms with Gasteiger partial charge in [0, 0.05) is 10.0 Å². The number of fused-ring (bicyclic) bond motifs is 1. The summed E-state index contributed by atoms with van der Waals surface area (Å²) >= 11 is 3.53. The average Bonchev–Trinajstić information content (AvgIpc) is 2.41. The van der Waals surface area contributed by atoms with Crippen LogP contribution in [0.1, 0.15) is 11.1 Å². The largest absolute Gasteiger partial charge is 0.301 e. The third-order valence-electron chi connectivity index (χ3n) is 3.26. The van der Waals surface area contributed by atoms with E-state index < -0.39 is 0 Å². The molecule has 4 heteroatoms. The van der Waals surface area contributed by atoms with Gasteiger partial charge in [-0.15, -0.1) is 0 Å². The van der Waals surface area contributed by atoms with Gasteiger partial charge in [-0.2, -0.15) is 0 Å². The first kappa shape index (κ1) is 12.4. The average molecular weight is 319 g/mol. The van der Waals surface area contributed by atoms with E-state index in [-0.39, 0.29) is 5.82 Å². The standard InChI is InChI=1S/C15H12BrFN2/c1-10-13(16)3-2-4-14(10)19-9-18-8-11-7-12(17)5-6-15(11)19/h2-7,9H,8H2,1H3. The number of rotatable bonds is 1. The van der Waals surface area contributed by atoms with Gasteiger partial charge in [0.25, 0.3) is 0 Å². The fraction of sp³-hybridized carbons (Fsp3) is 0.133. The van der Waals surface area contributed by atoms with Crippen LogP contribution in [0.25, 0.3) is 0 Å². The maximum Gasteiger partial charge on any atom is 0.123 e. The summed E-state index contributed by atoms with van der Waals surface area (Å²) in [6, 6.07) is 10.9. The van der Waals surface area contributed by atoms with Crippen LogP contribution in [-0.4, -0.2) is 6.34 Å². The minimum absolute atomic E-state index is 0.221. The van der Waals surface area contributed by atoms with Crippen LogP contribution in [0.2, 0.25) is 0 Å².